The number of nitrogens with zero attached hydrogens (tertiary/aromatic N) is 2. The van der Waals surface area contributed by atoms with E-state index in [-0.39, 0.29) is 5.82 Å². The van der Waals surface area contributed by atoms with Gasteiger partial charge in [0, 0.05) is 38.8 Å². The topological polar surface area (TPSA) is 6.48 Å². The van der Waals surface area contributed by atoms with E-state index < -0.39 is 0 Å². The summed E-state index contributed by atoms with van der Waals surface area (Å²) < 4.78 is 13.2. The Morgan fingerprint density at radius 1 is 1.05 bits per heavy atom. The highest BCUT2D eigenvalue weighted by Crippen LogP contribution is 2.27. The minimum Gasteiger partial charge on any atom is -0.298 e. The number of rotatable bonds is 3. The van der Waals surface area contributed by atoms with Gasteiger partial charge in [0.25, 0.3) is 0 Å². The molecule has 21 heavy (non-hydrogen) atoms. The van der Waals surface area contributed by atoms with Crippen molar-refractivity contribution in [3.63, 3.8) is 0 Å². The monoisotopic (exact) mass is 290 g/mol. The molecular weight excluding hydrogens is 263 g/mol. The molecule has 1 heterocycles. The van der Waals surface area contributed by atoms with Crippen LogP contribution in [-0.4, -0.2) is 42.0 Å². The molecule has 1 aliphatic heterocycles. The third kappa shape index (κ3) is 4.04. The molecule has 116 valence electrons. The third-order valence-corrected chi connectivity index (χ3v) is 5.20. The fourth-order valence-electron chi connectivity index (χ4n) is 3.79. The first-order chi connectivity index (χ1) is 10.2. The minimum atomic E-state index is -0.123. The van der Waals surface area contributed by atoms with Crippen molar-refractivity contribution in [3.05, 3.63) is 35.6 Å². The molecule has 2 nitrogen and oxygen atoms in total. The summed E-state index contributed by atoms with van der Waals surface area (Å²) in [7, 11) is 0. The average Bonchev–Trinajstić information content (AvgIpc) is 2.49. The maximum Gasteiger partial charge on any atom is 0.123 e. The number of benzene rings is 1. The Morgan fingerprint density at radius 3 is 2.43 bits per heavy atom. The van der Waals surface area contributed by atoms with Crippen molar-refractivity contribution in [2.45, 2.75) is 45.2 Å². The Hall–Kier alpha value is -0.930. The standard InChI is InChI=1S/C18H27FN2/c1-15-5-7-18(8-6-15)21-11-9-20(10-12-21)14-16-3-2-4-17(19)13-16/h2-4,13,15,18H,5-12,14H2,1H3. The van der Waals surface area contributed by atoms with E-state index in [1.165, 1.54) is 44.8 Å². The largest absolute Gasteiger partial charge is 0.298 e. The van der Waals surface area contributed by atoms with Gasteiger partial charge in [0.15, 0.2) is 0 Å². The van der Waals surface area contributed by atoms with Crippen LogP contribution in [0.5, 0.6) is 0 Å². The quantitative estimate of drug-likeness (QED) is 0.840. The second kappa shape index (κ2) is 6.89. The summed E-state index contributed by atoms with van der Waals surface area (Å²) >= 11 is 0. The van der Waals surface area contributed by atoms with E-state index in [9.17, 15) is 4.39 Å². The highest BCUT2D eigenvalue weighted by molar-refractivity contribution is 5.16. The van der Waals surface area contributed by atoms with Crippen molar-refractivity contribution in [1.29, 1.82) is 0 Å². The molecule has 0 atom stereocenters. The summed E-state index contributed by atoms with van der Waals surface area (Å²) in [4.78, 5) is 5.14. The lowest BCUT2D eigenvalue weighted by molar-refractivity contribution is 0.0689. The Balaban J connectivity index is 1.47. The van der Waals surface area contributed by atoms with Crippen LogP contribution in [0.25, 0.3) is 0 Å². The maximum atomic E-state index is 13.2. The number of halogens is 1. The first-order valence-electron chi connectivity index (χ1n) is 8.41. The van der Waals surface area contributed by atoms with E-state index in [0.717, 1.165) is 37.2 Å². The number of piperazine rings is 1. The maximum absolute atomic E-state index is 13.2. The second-order valence-corrected chi connectivity index (χ2v) is 6.86. The van der Waals surface area contributed by atoms with Crippen molar-refractivity contribution in [1.82, 2.24) is 9.80 Å². The zero-order valence-corrected chi connectivity index (χ0v) is 13.1. The normalized spacial score (nSPS) is 28.7. The van der Waals surface area contributed by atoms with Crippen LogP contribution in [0.15, 0.2) is 24.3 Å². The van der Waals surface area contributed by atoms with Crippen LogP contribution in [-0.2, 0) is 6.54 Å². The summed E-state index contributed by atoms with van der Waals surface area (Å²) in [5.74, 6) is 0.804. The van der Waals surface area contributed by atoms with Gasteiger partial charge in [-0.25, -0.2) is 4.39 Å². The van der Waals surface area contributed by atoms with Gasteiger partial charge in [0.05, 0.1) is 0 Å². The fourth-order valence-corrected chi connectivity index (χ4v) is 3.79. The molecule has 3 rings (SSSR count). The second-order valence-electron chi connectivity index (χ2n) is 6.86. The van der Waals surface area contributed by atoms with Crippen molar-refractivity contribution in [2.75, 3.05) is 26.2 Å². The Morgan fingerprint density at radius 2 is 1.76 bits per heavy atom. The molecule has 0 radical (unpaired) electrons. The predicted octanol–water partition coefficient (Wildman–Crippen LogP) is 3.52. The van der Waals surface area contributed by atoms with Crippen LogP contribution in [0.4, 0.5) is 4.39 Å². The molecule has 0 unspecified atom stereocenters. The van der Waals surface area contributed by atoms with E-state index >= 15 is 0 Å². The van der Waals surface area contributed by atoms with Gasteiger partial charge in [-0.05, 0) is 49.3 Å². The lowest BCUT2D eigenvalue weighted by Crippen LogP contribution is -2.50. The van der Waals surface area contributed by atoms with Crippen LogP contribution in [0.3, 0.4) is 0 Å². The van der Waals surface area contributed by atoms with Gasteiger partial charge in [0.1, 0.15) is 5.82 Å². The molecule has 0 aromatic heterocycles. The molecular formula is C18H27FN2. The van der Waals surface area contributed by atoms with Crippen molar-refractivity contribution in [3.8, 4) is 0 Å². The predicted molar refractivity (Wildman–Crippen MR) is 84.7 cm³/mol. The molecule has 1 saturated heterocycles. The zero-order valence-electron chi connectivity index (χ0n) is 13.1. The van der Waals surface area contributed by atoms with Crippen LogP contribution in [0.1, 0.15) is 38.2 Å². The van der Waals surface area contributed by atoms with Crippen LogP contribution < -0.4 is 0 Å². The Labute approximate surface area is 127 Å². The summed E-state index contributed by atoms with van der Waals surface area (Å²) in [6.07, 6.45) is 5.55. The van der Waals surface area contributed by atoms with Crippen molar-refractivity contribution < 1.29 is 4.39 Å². The highest BCUT2D eigenvalue weighted by Gasteiger charge is 2.26. The highest BCUT2D eigenvalue weighted by atomic mass is 19.1. The zero-order chi connectivity index (χ0) is 14.7. The molecule has 0 N–H and O–H groups in total. The molecule has 0 spiro atoms. The summed E-state index contributed by atoms with van der Waals surface area (Å²) in [6.45, 7) is 7.84. The minimum absolute atomic E-state index is 0.123. The van der Waals surface area contributed by atoms with E-state index in [4.69, 9.17) is 0 Å². The van der Waals surface area contributed by atoms with Crippen molar-refractivity contribution >= 4 is 0 Å². The molecule has 1 aromatic rings. The van der Waals surface area contributed by atoms with Gasteiger partial charge in [-0.1, -0.05) is 19.1 Å². The van der Waals surface area contributed by atoms with E-state index in [1.54, 1.807) is 6.07 Å². The summed E-state index contributed by atoms with van der Waals surface area (Å²) in [6, 6.07) is 7.83. The average molecular weight is 290 g/mol. The number of hydrogen-bond acceptors (Lipinski definition) is 2. The summed E-state index contributed by atoms with van der Waals surface area (Å²) in [5.41, 5.74) is 1.09. The lowest BCUT2D eigenvalue weighted by Gasteiger charge is -2.41. The molecule has 0 bridgehead atoms. The molecule has 3 heteroatoms. The third-order valence-electron chi connectivity index (χ3n) is 5.20. The van der Waals surface area contributed by atoms with Gasteiger partial charge < -0.3 is 0 Å². The Bertz CT molecular complexity index is 446. The van der Waals surface area contributed by atoms with E-state index in [2.05, 4.69) is 16.7 Å². The van der Waals surface area contributed by atoms with E-state index in [1.807, 2.05) is 12.1 Å². The molecule has 0 amide bonds. The van der Waals surface area contributed by atoms with Crippen LogP contribution in [0.2, 0.25) is 0 Å². The molecule has 2 fully saturated rings. The first kappa shape index (κ1) is 15.0. The van der Waals surface area contributed by atoms with Crippen molar-refractivity contribution in [2.24, 2.45) is 5.92 Å². The van der Waals surface area contributed by atoms with Crippen LogP contribution >= 0.6 is 0 Å². The SMILES string of the molecule is CC1CCC(N2CCN(Cc3cccc(F)c3)CC2)CC1. The smallest absolute Gasteiger partial charge is 0.123 e. The molecule has 1 aliphatic carbocycles. The molecule has 2 aliphatic rings. The van der Waals surface area contributed by atoms with Gasteiger partial charge in [-0.2, -0.15) is 0 Å². The molecule has 1 aromatic carbocycles. The van der Waals surface area contributed by atoms with E-state index in [0.29, 0.717) is 0 Å². The Kier molecular flexibility index (Phi) is 4.91. The van der Waals surface area contributed by atoms with Gasteiger partial charge in [0.2, 0.25) is 0 Å². The lowest BCUT2D eigenvalue weighted by atomic mass is 9.86. The van der Waals surface area contributed by atoms with Gasteiger partial charge in [-0.15, -0.1) is 0 Å². The first-order valence-corrected chi connectivity index (χ1v) is 8.41. The van der Waals surface area contributed by atoms with Gasteiger partial charge >= 0.3 is 0 Å². The fraction of sp³-hybridized carbons (Fsp3) is 0.667. The number of hydrogen-bond donors (Lipinski definition) is 0. The molecule has 1 saturated carbocycles. The summed E-state index contributed by atoms with van der Waals surface area (Å²) in [5, 5.41) is 0. The van der Waals surface area contributed by atoms with Gasteiger partial charge in [-0.3, -0.25) is 9.80 Å². The van der Waals surface area contributed by atoms with Crippen LogP contribution in [0, 0.1) is 11.7 Å².